The third-order valence-electron chi connectivity index (χ3n) is 2.85. The van der Waals surface area contributed by atoms with Gasteiger partial charge in [-0.15, -0.1) is 0 Å². The van der Waals surface area contributed by atoms with E-state index in [1.54, 1.807) is 24.4 Å². The van der Waals surface area contributed by atoms with Crippen LogP contribution in [0.2, 0.25) is 5.02 Å². The molecule has 0 aliphatic heterocycles. The van der Waals surface area contributed by atoms with Crippen LogP contribution < -0.4 is 4.74 Å². The average Bonchev–Trinajstić information content (AvgIpc) is 2.42. The van der Waals surface area contributed by atoms with E-state index < -0.39 is 6.10 Å². The molecule has 1 heterocycles. The standard InChI is InChI=1S/C15H16ClNO2/c1-3-14(18)13-6-5-12(9-17-13)19-15-7-4-11(16)8-10(15)2/h4-9,14,18H,3H2,1-2H3. The maximum Gasteiger partial charge on any atom is 0.145 e. The van der Waals surface area contributed by atoms with Crippen LogP contribution in [0, 0.1) is 6.92 Å². The molecule has 0 saturated heterocycles. The van der Waals surface area contributed by atoms with Gasteiger partial charge in [0.25, 0.3) is 0 Å². The van der Waals surface area contributed by atoms with E-state index in [4.69, 9.17) is 16.3 Å². The highest BCUT2D eigenvalue weighted by atomic mass is 35.5. The molecule has 0 amide bonds. The van der Waals surface area contributed by atoms with Gasteiger partial charge in [-0.1, -0.05) is 18.5 Å². The molecule has 19 heavy (non-hydrogen) atoms. The molecule has 1 N–H and O–H groups in total. The Labute approximate surface area is 117 Å². The van der Waals surface area contributed by atoms with Crippen LogP contribution in [0.25, 0.3) is 0 Å². The van der Waals surface area contributed by atoms with Crippen molar-refractivity contribution in [3.8, 4) is 11.5 Å². The first-order valence-corrected chi connectivity index (χ1v) is 6.56. The molecule has 0 aliphatic rings. The summed E-state index contributed by atoms with van der Waals surface area (Å²) in [5.74, 6) is 1.38. The van der Waals surface area contributed by atoms with Crippen LogP contribution in [-0.4, -0.2) is 10.1 Å². The summed E-state index contributed by atoms with van der Waals surface area (Å²) in [5.41, 5.74) is 1.62. The number of hydrogen-bond donors (Lipinski definition) is 1. The number of rotatable bonds is 4. The van der Waals surface area contributed by atoms with Gasteiger partial charge in [0, 0.05) is 5.02 Å². The molecule has 0 radical (unpaired) electrons. The smallest absolute Gasteiger partial charge is 0.145 e. The summed E-state index contributed by atoms with van der Waals surface area (Å²) in [6.07, 6.45) is 1.73. The molecular weight excluding hydrogens is 262 g/mol. The van der Waals surface area contributed by atoms with E-state index in [1.165, 1.54) is 0 Å². The zero-order chi connectivity index (χ0) is 13.8. The van der Waals surface area contributed by atoms with Crippen molar-refractivity contribution in [3.05, 3.63) is 52.8 Å². The maximum absolute atomic E-state index is 9.67. The number of ether oxygens (including phenoxy) is 1. The van der Waals surface area contributed by atoms with E-state index >= 15 is 0 Å². The monoisotopic (exact) mass is 277 g/mol. The molecule has 0 saturated carbocycles. The zero-order valence-corrected chi connectivity index (χ0v) is 11.7. The Kier molecular flexibility index (Phi) is 4.40. The molecule has 100 valence electrons. The third-order valence-corrected chi connectivity index (χ3v) is 3.09. The molecule has 3 nitrogen and oxygen atoms in total. The fraction of sp³-hybridized carbons (Fsp3) is 0.267. The van der Waals surface area contributed by atoms with E-state index in [-0.39, 0.29) is 0 Å². The van der Waals surface area contributed by atoms with E-state index in [0.717, 1.165) is 11.3 Å². The number of hydrogen-bond acceptors (Lipinski definition) is 3. The second-order valence-electron chi connectivity index (χ2n) is 4.35. The van der Waals surface area contributed by atoms with Crippen molar-refractivity contribution >= 4 is 11.6 Å². The topological polar surface area (TPSA) is 42.4 Å². The van der Waals surface area contributed by atoms with Crippen LogP contribution in [0.1, 0.15) is 30.7 Å². The Morgan fingerprint density at radius 2 is 2.11 bits per heavy atom. The summed E-state index contributed by atoms with van der Waals surface area (Å²) in [6, 6.07) is 9.03. The van der Waals surface area contributed by atoms with Crippen molar-refractivity contribution < 1.29 is 9.84 Å². The van der Waals surface area contributed by atoms with E-state index in [9.17, 15) is 5.11 Å². The van der Waals surface area contributed by atoms with Crippen LogP contribution in [0.4, 0.5) is 0 Å². The lowest BCUT2D eigenvalue weighted by atomic mass is 10.2. The summed E-state index contributed by atoms with van der Waals surface area (Å²) in [4.78, 5) is 4.19. The van der Waals surface area contributed by atoms with Crippen molar-refractivity contribution in [3.63, 3.8) is 0 Å². The van der Waals surface area contributed by atoms with Crippen LogP contribution in [0.15, 0.2) is 36.5 Å². The molecule has 1 aromatic heterocycles. The summed E-state index contributed by atoms with van der Waals surface area (Å²) in [7, 11) is 0. The van der Waals surface area contributed by atoms with E-state index in [1.807, 2.05) is 26.0 Å². The lowest BCUT2D eigenvalue weighted by Gasteiger charge is -2.10. The number of nitrogens with zero attached hydrogens (tertiary/aromatic N) is 1. The number of benzene rings is 1. The summed E-state index contributed by atoms with van der Waals surface area (Å²) in [5, 5.41) is 10.4. The molecule has 2 aromatic rings. The van der Waals surface area contributed by atoms with Gasteiger partial charge in [0.15, 0.2) is 0 Å². The highest BCUT2D eigenvalue weighted by Gasteiger charge is 2.07. The highest BCUT2D eigenvalue weighted by Crippen LogP contribution is 2.27. The second-order valence-corrected chi connectivity index (χ2v) is 4.79. The van der Waals surface area contributed by atoms with Gasteiger partial charge >= 0.3 is 0 Å². The molecule has 4 heteroatoms. The predicted molar refractivity (Wildman–Crippen MR) is 75.8 cm³/mol. The van der Waals surface area contributed by atoms with Crippen molar-refractivity contribution in [1.82, 2.24) is 4.98 Å². The molecular formula is C15H16ClNO2. The molecule has 0 aliphatic carbocycles. The minimum Gasteiger partial charge on any atom is -0.455 e. The summed E-state index contributed by atoms with van der Waals surface area (Å²) in [6.45, 7) is 3.84. The predicted octanol–water partition coefficient (Wildman–Crippen LogP) is 4.28. The first-order valence-electron chi connectivity index (χ1n) is 6.18. The number of halogens is 1. The number of aliphatic hydroxyl groups is 1. The number of aliphatic hydroxyl groups excluding tert-OH is 1. The first kappa shape index (κ1) is 13.8. The highest BCUT2D eigenvalue weighted by molar-refractivity contribution is 6.30. The van der Waals surface area contributed by atoms with Gasteiger partial charge in [0.2, 0.25) is 0 Å². The summed E-state index contributed by atoms with van der Waals surface area (Å²) >= 11 is 5.90. The Hall–Kier alpha value is -1.58. The van der Waals surface area contributed by atoms with Crippen molar-refractivity contribution in [2.45, 2.75) is 26.4 Å². The van der Waals surface area contributed by atoms with Crippen LogP contribution in [-0.2, 0) is 0 Å². The molecule has 1 atom stereocenters. The van der Waals surface area contributed by atoms with Crippen molar-refractivity contribution in [2.75, 3.05) is 0 Å². The molecule has 2 rings (SSSR count). The third kappa shape index (κ3) is 3.46. The molecule has 1 aromatic carbocycles. The Morgan fingerprint density at radius 1 is 1.32 bits per heavy atom. The normalized spacial score (nSPS) is 12.2. The van der Waals surface area contributed by atoms with E-state index in [2.05, 4.69) is 4.98 Å². The van der Waals surface area contributed by atoms with Crippen LogP contribution in [0.3, 0.4) is 0 Å². The zero-order valence-electron chi connectivity index (χ0n) is 10.9. The first-order chi connectivity index (χ1) is 9.10. The quantitative estimate of drug-likeness (QED) is 0.907. The van der Waals surface area contributed by atoms with Gasteiger partial charge in [-0.25, -0.2) is 0 Å². The lowest BCUT2D eigenvalue weighted by molar-refractivity contribution is 0.169. The van der Waals surface area contributed by atoms with Gasteiger partial charge in [0.05, 0.1) is 18.0 Å². The lowest BCUT2D eigenvalue weighted by Crippen LogP contribution is -1.98. The minimum absolute atomic E-state index is 0.522. The van der Waals surface area contributed by atoms with Gasteiger partial charge in [0.1, 0.15) is 11.5 Å². The fourth-order valence-electron chi connectivity index (χ4n) is 1.71. The number of aromatic nitrogens is 1. The molecule has 0 bridgehead atoms. The second kappa shape index (κ2) is 6.04. The van der Waals surface area contributed by atoms with Gasteiger partial charge in [-0.2, -0.15) is 0 Å². The minimum atomic E-state index is -0.522. The van der Waals surface area contributed by atoms with Crippen LogP contribution in [0.5, 0.6) is 11.5 Å². The SMILES string of the molecule is CCC(O)c1ccc(Oc2ccc(Cl)cc2C)cn1. The van der Waals surface area contributed by atoms with Crippen molar-refractivity contribution in [1.29, 1.82) is 0 Å². The maximum atomic E-state index is 9.67. The van der Waals surface area contributed by atoms with E-state index in [0.29, 0.717) is 22.9 Å². The van der Waals surface area contributed by atoms with Crippen molar-refractivity contribution in [2.24, 2.45) is 0 Å². The van der Waals surface area contributed by atoms with Gasteiger partial charge in [-0.3, -0.25) is 4.98 Å². The number of pyridine rings is 1. The summed E-state index contributed by atoms with van der Waals surface area (Å²) < 4.78 is 5.73. The largest absolute Gasteiger partial charge is 0.455 e. The van der Waals surface area contributed by atoms with Crippen LogP contribution >= 0.6 is 11.6 Å². The van der Waals surface area contributed by atoms with Gasteiger partial charge in [-0.05, 0) is 49.2 Å². The number of aryl methyl sites for hydroxylation is 1. The Morgan fingerprint density at radius 3 is 2.68 bits per heavy atom. The Bertz CT molecular complexity index is 555. The Balaban J connectivity index is 2.15. The molecule has 1 unspecified atom stereocenters. The fourth-order valence-corrected chi connectivity index (χ4v) is 1.94. The molecule has 0 spiro atoms. The molecule has 0 fully saturated rings. The van der Waals surface area contributed by atoms with Gasteiger partial charge < -0.3 is 9.84 Å². The average molecular weight is 278 g/mol.